The van der Waals surface area contributed by atoms with Crippen molar-refractivity contribution in [3.05, 3.63) is 35.7 Å². The summed E-state index contributed by atoms with van der Waals surface area (Å²) in [5.74, 6) is 0. The molecule has 20 heavy (non-hydrogen) atoms. The number of fused-ring (bicyclic) bond motifs is 1. The van der Waals surface area contributed by atoms with Gasteiger partial charge < -0.3 is 4.90 Å². The van der Waals surface area contributed by atoms with Crippen LogP contribution in [0.2, 0.25) is 0 Å². The summed E-state index contributed by atoms with van der Waals surface area (Å²) >= 11 is 0. The predicted octanol–water partition coefficient (Wildman–Crippen LogP) is 2.73. The van der Waals surface area contributed by atoms with Crippen LogP contribution in [0.5, 0.6) is 0 Å². The highest BCUT2D eigenvalue weighted by Crippen LogP contribution is 2.36. The average molecular weight is 266 g/mol. The van der Waals surface area contributed by atoms with Gasteiger partial charge in [-0.2, -0.15) is 10.4 Å². The maximum absolute atomic E-state index is 9.41. The average Bonchev–Trinajstić information content (AvgIpc) is 3.03. The molecule has 0 spiro atoms. The number of rotatable bonds is 2. The second-order valence-corrected chi connectivity index (χ2v) is 5.57. The van der Waals surface area contributed by atoms with Gasteiger partial charge in [-0.15, -0.1) is 0 Å². The lowest BCUT2D eigenvalue weighted by Gasteiger charge is -2.24. The third kappa shape index (κ3) is 1.96. The van der Waals surface area contributed by atoms with E-state index in [9.17, 15) is 5.26 Å². The minimum absolute atomic E-state index is 0.451. The Balaban J connectivity index is 2.15. The monoisotopic (exact) mass is 266 g/mol. The molecule has 0 aliphatic carbocycles. The number of anilines is 1. The fourth-order valence-corrected chi connectivity index (χ4v) is 2.90. The van der Waals surface area contributed by atoms with Crippen LogP contribution in [0.15, 0.2) is 24.5 Å². The van der Waals surface area contributed by atoms with Crippen molar-refractivity contribution in [2.75, 3.05) is 11.4 Å². The largest absolute Gasteiger partial charge is 0.368 e. The second kappa shape index (κ2) is 4.68. The van der Waals surface area contributed by atoms with Crippen molar-refractivity contribution in [1.82, 2.24) is 9.78 Å². The van der Waals surface area contributed by atoms with Gasteiger partial charge in [-0.25, -0.2) is 0 Å². The Hall–Kier alpha value is -2.28. The Kier molecular flexibility index (Phi) is 2.98. The highest BCUT2D eigenvalue weighted by Gasteiger charge is 2.25. The summed E-state index contributed by atoms with van der Waals surface area (Å²) in [6.45, 7) is 5.38. The van der Waals surface area contributed by atoms with E-state index in [1.165, 1.54) is 11.3 Å². The molecular weight excluding hydrogens is 248 g/mol. The van der Waals surface area contributed by atoms with Crippen molar-refractivity contribution in [1.29, 1.82) is 5.26 Å². The van der Waals surface area contributed by atoms with E-state index in [2.05, 4.69) is 36.0 Å². The third-order valence-corrected chi connectivity index (χ3v) is 3.92. The van der Waals surface area contributed by atoms with Gasteiger partial charge in [0.05, 0.1) is 17.8 Å². The van der Waals surface area contributed by atoms with E-state index < -0.39 is 0 Å². The normalized spacial score (nSPS) is 13.7. The van der Waals surface area contributed by atoms with E-state index in [-0.39, 0.29) is 0 Å². The fraction of sp³-hybridized carbons (Fsp3) is 0.375. The van der Waals surface area contributed by atoms with Crippen LogP contribution in [-0.4, -0.2) is 22.4 Å². The van der Waals surface area contributed by atoms with Crippen molar-refractivity contribution in [2.24, 2.45) is 7.05 Å². The number of benzene rings is 1. The first kappa shape index (κ1) is 12.7. The molecule has 0 fully saturated rings. The molecule has 4 nitrogen and oxygen atoms in total. The first-order valence-corrected chi connectivity index (χ1v) is 6.93. The molecule has 0 unspecified atom stereocenters. The summed E-state index contributed by atoms with van der Waals surface area (Å²) < 4.78 is 1.79. The molecule has 1 aliphatic rings. The summed E-state index contributed by atoms with van der Waals surface area (Å²) in [4.78, 5) is 2.37. The predicted molar refractivity (Wildman–Crippen MR) is 79.5 cm³/mol. The maximum Gasteiger partial charge on any atom is 0.0995 e. The van der Waals surface area contributed by atoms with Crippen molar-refractivity contribution in [3.8, 4) is 17.2 Å². The number of hydrogen-bond acceptors (Lipinski definition) is 3. The Morgan fingerprint density at radius 1 is 1.30 bits per heavy atom. The number of aryl methyl sites for hydroxylation is 1. The maximum atomic E-state index is 9.41. The van der Waals surface area contributed by atoms with Crippen molar-refractivity contribution >= 4 is 5.69 Å². The molecule has 0 amide bonds. The first-order chi connectivity index (χ1) is 9.60. The summed E-state index contributed by atoms with van der Waals surface area (Å²) in [5, 5.41) is 13.6. The van der Waals surface area contributed by atoms with Crippen LogP contribution in [-0.2, 0) is 13.5 Å². The van der Waals surface area contributed by atoms with Gasteiger partial charge in [0.2, 0.25) is 0 Å². The van der Waals surface area contributed by atoms with Crippen LogP contribution >= 0.6 is 0 Å². The molecule has 0 bridgehead atoms. The van der Waals surface area contributed by atoms with Gasteiger partial charge in [-0.3, -0.25) is 4.68 Å². The Morgan fingerprint density at radius 3 is 2.70 bits per heavy atom. The van der Waals surface area contributed by atoms with E-state index in [1.54, 1.807) is 4.68 Å². The molecular formula is C16H18N4. The molecule has 0 atom stereocenters. The standard InChI is InChI=1S/C16H18N4/c1-11(2)20-5-4-15-13(8-17)6-12(7-16(15)20)14-9-18-19(3)10-14/h6-7,9-11H,4-5H2,1-3H3. The lowest BCUT2D eigenvalue weighted by atomic mass is 9.99. The first-order valence-electron chi connectivity index (χ1n) is 6.93. The molecule has 2 aromatic rings. The molecule has 4 heteroatoms. The molecule has 0 radical (unpaired) electrons. The van der Waals surface area contributed by atoms with Crippen LogP contribution in [0.4, 0.5) is 5.69 Å². The minimum atomic E-state index is 0.451. The number of aromatic nitrogens is 2. The smallest absolute Gasteiger partial charge is 0.0995 e. The summed E-state index contributed by atoms with van der Waals surface area (Å²) in [7, 11) is 1.91. The molecule has 1 aromatic heterocycles. The fourth-order valence-electron chi connectivity index (χ4n) is 2.90. The Labute approximate surface area is 119 Å². The van der Waals surface area contributed by atoms with Crippen molar-refractivity contribution in [3.63, 3.8) is 0 Å². The highest BCUT2D eigenvalue weighted by atomic mass is 15.2. The quantitative estimate of drug-likeness (QED) is 0.839. The van der Waals surface area contributed by atoms with Crippen LogP contribution in [0.1, 0.15) is 25.0 Å². The number of hydrogen-bond donors (Lipinski definition) is 0. The lowest BCUT2D eigenvalue weighted by molar-refractivity contribution is 0.710. The molecule has 3 rings (SSSR count). The molecule has 0 N–H and O–H groups in total. The molecule has 0 saturated heterocycles. The summed E-state index contributed by atoms with van der Waals surface area (Å²) in [6.07, 6.45) is 4.79. The van der Waals surface area contributed by atoms with Crippen molar-refractivity contribution in [2.45, 2.75) is 26.3 Å². The van der Waals surface area contributed by atoms with Gasteiger partial charge in [0.15, 0.2) is 0 Å². The molecule has 1 aromatic carbocycles. The zero-order valence-corrected chi connectivity index (χ0v) is 12.1. The van der Waals surface area contributed by atoms with E-state index in [1.807, 2.05) is 25.5 Å². The minimum Gasteiger partial charge on any atom is -0.368 e. The Morgan fingerprint density at radius 2 is 2.10 bits per heavy atom. The molecule has 102 valence electrons. The van der Waals surface area contributed by atoms with E-state index in [0.717, 1.165) is 29.7 Å². The SMILES string of the molecule is CC(C)N1CCc2c(C#N)cc(-c3cnn(C)c3)cc21. The van der Waals surface area contributed by atoms with E-state index in [0.29, 0.717) is 6.04 Å². The number of nitrogens with zero attached hydrogens (tertiary/aromatic N) is 4. The van der Waals surface area contributed by atoms with Crippen LogP contribution in [0.3, 0.4) is 0 Å². The topological polar surface area (TPSA) is 44.9 Å². The van der Waals surface area contributed by atoms with E-state index >= 15 is 0 Å². The zero-order valence-electron chi connectivity index (χ0n) is 12.1. The molecule has 1 aliphatic heterocycles. The van der Waals surface area contributed by atoms with E-state index in [4.69, 9.17) is 0 Å². The van der Waals surface area contributed by atoms with Crippen LogP contribution in [0, 0.1) is 11.3 Å². The van der Waals surface area contributed by atoms with Crippen LogP contribution < -0.4 is 4.90 Å². The van der Waals surface area contributed by atoms with Gasteiger partial charge in [-0.1, -0.05) is 0 Å². The van der Waals surface area contributed by atoms with Crippen LogP contribution in [0.25, 0.3) is 11.1 Å². The number of nitriles is 1. The molecule has 2 heterocycles. The van der Waals surface area contributed by atoms with Gasteiger partial charge in [0.1, 0.15) is 0 Å². The summed E-state index contributed by atoms with van der Waals surface area (Å²) in [5.41, 5.74) is 5.32. The van der Waals surface area contributed by atoms with Gasteiger partial charge >= 0.3 is 0 Å². The third-order valence-electron chi connectivity index (χ3n) is 3.92. The zero-order chi connectivity index (χ0) is 14.3. The van der Waals surface area contributed by atoms with Crippen molar-refractivity contribution < 1.29 is 0 Å². The lowest BCUT2D eigenvalue weighted by Crippen LogP contribution is -2.28. The van der Waals surface area contributed by atoms with Gasteiger partial charge in [0, 0.05) is 37.1 Å². The highest BCUT2D eigenvalue weighted by molar-refractivity contribution is 5.75. The molecule has 0 saturated carbocycles. The van der Waals surface area contributed by atoms with Gasteiger partial charge in [-0.05, 0) is 43.5 Å². The van der Waals surface area contributed by atoms with Gasteiger partial charge in [0.25, 0.3) is 0 Å². The summed E-state index contributed by atoms with van der Waals surface area (Å²) in [6, 6.07) is 6.98. The Bertz CT molecular complexity index is 691. The second-order valence-electron chi connectivity index (χ2n) is 5.57.